The monoisotopic (exact) mass is 320 g/mol. The number of hydrogen-bond acceptors (Lipinski definition) is 3. The quantitative estimate of drug-likeness (QED) is 0.817. The molecule has 0 bridgehead atoms. The minimum absolute atomic E-state index is 0.189. The highest BCUT2D eigenvalue weighted by atomic mass is 79.9. The fourth-order valence-corrected chi connectivity index (χ4v) is 1.97. The summed E-state index contributed by atoms with van der Waals surface area (Å²) in [6.07, 6.45) is 4.23. The van der Waals surface area contributed by atoms with Gasteiger partial charge in [0.25, 0.3) is 0 Å². The van der Waals surface area contributed by atoms with Crippen molar-refractivity contribution in [2.75, 3.05) is 0 Å². The molecule has 1 aromatic carbocycles. The Labute approximate surface area is 122 Å². The molecule has 0 saturated heterocycles. The summed E-state index contributed by atoms with van der Waals surface area (Å²) in [5, 5.41) is 0. The molecule has 4 heteroatoms. The lowest BCUT2D eigenvalue weighted by Crippen LogP contribution is -2.14. The number of hydrogen-bond donors (Lipinski definition) is 0. The molecule has 0 spiro atoms. The summed E-state index contributed by atoms with van der Waals surface area (Å²) < 4.78 is 6.46. The van der Waals surface area contributed by atoms with Crippen molar-refractivity contribution >= 4 is 15.9 Å². The molecule has 2 aromatic rings. The van der Waals surface area contributed by atoms with Crippen LogP contribution in [0, 0.1) is 0 Å². The van der Waals surface area contributed by atoms with Crippen LogP contribution in [-0.2, 0) is 5.41 Å². The molecule has 1 heterocycles. The van der Waals surface area contributed by atoms with Crippen molar-refractivity contribution in [2.45, 2.75) is 32.6 Å². The van der Waals surface area contributed by atoms with E-state index in [-0.39, 0.29) is 5.41 Å². The van der Waals surface area contributed by atoms with Crippen LogP contribution in [0.25, 0.3) is 0 Å². The number of ether oxygens (including phenoxy) is 1. The van der Waals surface area contributed by atoms with E-state index >= 15 is 0 Å². The Morgan fingerprint density at radius 1 is 1.21 bits per heavy atom. The van der Waals surface area contributed by atoms with E-state index in [2.05, 4.69) is 58.8 Å². The SMILES string of the molecule is CCC(C)(C)c1ccc(Oc2ncncc2Br)cc1. The van der Waals surface area contributed by atoms with Crippen molar-refractivity contribution in [1.29, 1.82) is 0 Å². The normalized spacial score (nSPS) is 11.4. The lowest BCUT2D eigenvalue weighted by molar-refractivity contribution is 0.456. The highest BCUT2D eigenvalue weighted by Crippen LogP contribution is 2.30. The van der Waals surface area contributed by atoms with Crippen molar-refractivity contribution in [3.05, 3.63) is 46.8 Å². The molecule has 19 heavy (non-hydrogen) atoms. The number of aromatic nitrogens is 2. The van der Waals surface area contributed by atoms with E-state index in [0.717, 1.165) is 16.6 Å². The van der Waals surface area contributed by atoms with E-state index in [4.69, 9.17) is 4.74 Å². The largest absolute Gasteiger partial charge is 0.438 e. The topological polar surface area (TPSA) is 35.0 Å². The maximum Gasteiger partial charge on any atom is 0.236 e. The predicted molar refractivity (Wildman–Crippen MR) is 79.6 cm³/mol. The zero-order chi connectivity index (χ0) is 13.9. The third-order valence-electron chi connectivity index (χ3n) is 3.37. The van der Waals surface area contributed by atoms with Gasteiger partial charge in [-0.3, -0.25) is 0 Å². The first kappa shape index (κ1) is 14.0. The molecule has 2 rings (SSSR count). The molecule has 0 unspecified atom stereocenters. The minimum Gasteiger partial charge on any atom is -0.438 e. The molecule has 0 amide bonds. The molecule has 100 valence electrons. The van der Waals surface area contributed by atoms with Gasteiger partial charge in [-0.05, 0) is 45.5 Å². The van der Waals surface area contributed by atoms with Gasteiger partial charge in [0.2, 0.25) is 5.88 Å². The molecule has 0 saturated carbocycles. The number of rotatable bonds is 4. The Bertz CT molecular complexity index is 552. The standard InChI is InChI=1S/C15H17BrN2O/c1-4-15(2,3)11-5-7-12(8-6-11)19-14-13(16)9-17-10-18-14/h5-10H,4H2,1-3H3. The van der Waals surface area contributed by atoms with E-state index in [1.165, 1.54) is 11.9 Å². The zero-order valence-electron chi connectivity index (χ0n) is 11.4. The minimum atomic E-state index is 0.189. The van der Waals surface area contributed by atoms with Gasteiger partial charge in [0.15, 0.2) is 0 Å². The van der Waals surface area contributed by atoms with Gasteiger partial charge in [-0.2, -0.15) is 0 Å². The second kappa shape index (κ2) is 5.70. The van der Waals surface area contributed by atoms with Crippen LogP contribution in [0.3, 0.4) is 0 Å². The van der Waals surface area contributed by atoms with Crippen LogP contribution in [0.1, 0.15) is 32.8 Å². The van der Waals surface area contributed by atoms with Gasteiger partial charge in [0.1, 0.15) is 12.1 Å². The van der Waals surface area contributed by atoms with E-state index in [0.29, 0.717) is 5.88 Å². The smallest absolute Gasteiger partial charge is 0.236 e. The van der Waals surface area contributed by atoms with Gasteiger partial charge in [-0.25, -0.2) is 9.97 Å². The van der Waals surface area contributed by atoms with Crippen LogP contribution >= 0.6 is 15.9 Å². The van der Waals surface area contributed by atoms with Gasteiger partial charge >= 0.3 is 0 Å². The Morgan fingerprint density at radius 2 is 1.89 bits per heavy atom. The summed E-state index contributed by atoms with van der Waals surface area (Å²) in [5.41, 5.74) is 1.50. The Kier molecular flexibility index (Phi) is 4.20. The van der Waals surface area contributed by atoms with Crippen molar-refractivity contribution in [1.82, 2.24) is 9.97 Å². The Balaban J connectivity index is 2.18. The van der Waals surface area contributed by atoms with Gasteiger partial charge in [-0.1, -0.05) is 32.9 Å². The van der Waals surface area contributed by atoms with Crippen molar-refractivity contribution in [3.8, 4) is 11.6 Å². The molecule has 0 aliphatic carbocycles. The Morgan fingerprint density at radius 3 is 2.47 bits per heavy atom. The molecule has 0 N–H and O–H groups in total. The zero-order valence-corrected chi connectivity index (χ0v) is 12.9. The van der Waals surface area contributed by atoms with Crippen LogP contribution in [0.2, 0.25) is 0 Å². The van der Waals surface area contributed by atoms with E-state index < -0.39 is 0 Å². The van der Waals surface area contributed by atoms with Gasteiger partial charge in [0.05, 0.1) is 4.47 Å². The van der Waals surface area contributed by atoms with Crippen molar-refractivity contribution in [3.63, 3.8) is 0 Å². The fourth-order valence-electron chi connectivity index (χ4n) is 1.67. The first-order valence-corrected chi connectivity index (χ1v) is 7.06. The van der Waals surface area contributed by atoms with Gasteiger partial charge < -0.3 is 4.74 Å². The summed E-state index contributed by atoms with van der Waals surface area (Å²) >= 11 is 3.36. The van der Waals surface area contributed by atoms with Crippen LogP contribution in [0.5, 0.6) is 11.6 Å². The molecule has 0 atom stereocenters. The average molecular weight is 321 g/mol. The maximum atomic E-state index is 5.71. The summed E-state index contributed by atoms with van der Waals surface area (Å²) in [5.74, 6) is 1.30. The molecular weight excluding hydrogens is 304 g/mol. The van der Waals surface area contributed by atoms with Crippen molar-refractivity contribution < 1.29 is 4.74 Å². The fraction of sp³-hybridized carbons (Fsp3) is 0.333. The summed E-state index contributed by atoms with van der Waals surface area (Å²) in [6.45, 7) is 6.68. The van der Waals surface area contributed by atoms with Crippen molar-refractivity contribution in [2.24, 2.45) is 0 Å². The lowest BCUT2D eigenvalue weighted by Gasteiger charge is -2.23. The maximum absolute atomic E-state index is 5.71. The Hall–Kier alpha value is -1.42. The molecule has 0 aliphatic heterocycles. The van der Waals surface area contributed by atoms with Crippen LogP contribution in [0.4, 0.5) is 0 Å². The van der Waals surface area contributed by atoms with Crippen LogP contribution < -0.4 is 4.74 Å². The lowest BCUT2D eigenvalue weighted by atomic mass is 9.82. The average Bonchev–Trinajstić information content (AvgIpc) is 2.42. The van der Waals surface area contributed by atoms with E-state index in [1.54, 1.807) is 6.20 Å². The summed E-state index contributed by atoms with van der Waals surface area (Å²) in [4.78, 5) is 7.99. The van der Waals surface area contributed by atoms with Crippen LogP contribution in [-0.4, -0.2) is 9.97 Å². The van der Waals surface area contributed by atoms with Gasteiger partial charge in [-0.15, -0.1) is 0 Å². The molecule has 0 aliphatic rings. The van der Waals surface area contributed by atoms with E-state index in [9.17, 15) is 0 Å². The first-order chi connectivity index (χ1) is 9.03. The van der Waals surface area contributed by atoms with Crippen LogP contribution in [0.15, 0.2) is 41.3 Å². The first-order valence-electron chi connectivity index (χ1n) is 6.27. The molecule has 0 fully saturated rings. The third kappa shape index (κ3) is 3.32. The number of nitrogens with zero attached hydrogens (tertiary/aromatic N) is 2. The van der Waals surface area contributed by atoms with Gasteiger partial charge in [0, 0.05) is 6.20 Å². The number of halogens is 1. The summed E-state index contributed by atoms with van der Waals surface area (Å²) in [7, 11) is 0. The highest BCUT2D eigenvalue weighted by Gasteiger charge is 2.17. The highest BCUT2D eigenvalue weighted by molar-refractivity contribution is 9.10. The van der Waals surface area contributed by atoms with E-state index in [1.807, 2.05) is 12.1 Å². The second-order valence-electron chi connectivity index (χ2n) is 5.04. The molecule has 1 aromatic heterocycles. The second-order valence-corrected chi connectivity index (χ2v) is 5.89. The molecular formula is C15H17BrN2O. The molecule has 0 radical (unpaired) electrons. The summed E-state index contributed by atoms with van der Waals surface area (Å²) in [6, 6.07) is 8.16. The number of benzene rings is 1. The predicted octanol–water partition coefficient (Wildman–Crippen LogP) is 4.72. The third-order valence-corrected chi connectivity index (χ3v) is 3.91. The molecule has 3 nitrogen and oxygen atoms in total.